The van der Waals surface area contributed by atoms with Gasteiger partial charge < -0.3 is 5.32 Å². The minimum atomic E-state index is -0.232. The number of rotatable bonds is 3. The van der Waals surface area contributed by atoms with Gasteiger partial charge in [0.15, 0.2) is 0 Å². The Hall–Kier alpha value is -1.49. The molecule has 0 fully saturated rings. The largest absolute Gasteiger partial charge is 0.338 e. The number of hydrogen-bond donors (Lipinski definition) is 1. The summed E-state index contributed by atoms with van der Waals surface area (Å²) in [5.74, 6) is 0. The number of urea groups is 1. The fraction of sp³-hybridized carbons (Fsp3) is 0.333. The molecule has 0 unspecified atom stereocenters. The Kier molecular flexibility index (Phi) is 5.56. The molecule has 5 heteroatoms. The van der Waals surface area contributed by atoms with Crippen molar-refractivity contribution in [3.8, 4) is 0 Å². The van der Waals surface area contributed by atoms with Gasteiger partial charge in [0.05, 0.1) is 0 Å². The summed E-state index contributed by atoms with van der Waals surface area (Å²) < 4.78 is 1.42. The Morgan fingerprint density at radius 3 is 2.41 bits per heavy atom. The molecule has 0 radical (unpaired) electrons. The van der Waals surface area contributed by atoms with E-state index in [1.807, 2.05) is 19.9 Å². The van der Waals surface area contributed by atoms with Gasteiger partial charge in [0, 0.05) is 30.6 Å². The van der Waals surface area contributed by atoms with E-state index in [0.29, 0.717) is 18.7 Å². The molecule has 92 valence electrons. The molecule has 0 aliphatic carbocycles. The van der Waals surface area contributed by atoms with Crippen molar-refractivity contribution in [3.05, 3.63) is 35.9 Å². The molecule has 1 aromatic carbocycles. The first-order valence-electron chi connectivity index (χ1n) is 5.51. The SMILES string of the molecule is CCNC(=O)N(CC)SC(=O)c1ccccc1. The second-order valence-corrected chi connectivity index (χ2v) is 4.27. The molecule has 0 spiro atoms. The van der Waals surface area contributed by atoms with E-state index in [4.69, 9.17) is 0 Å². The van der Waals surface area contributed by atoms with Crippen molar-refractivity contribution >= 4 is 23.1 Å². The van der Waals surface area contributed by atoms with Crippen molar-refractivity contribution in [3.63, 3.8) is 0 Å². The van der Waals surface area contributed by atoms with Crippen molar-refractivity contribution in [2.45, 2.75) is 13.8 Å². The van der Waals surface area contributed by atoms with E-state index in [1.54, 1.807) is 24.3 Å². The minimum absolute atomic E-state index is 0.126. The molecule has 0 aliphatic heterocycles. The van der Waals surface area contributed by atoms with Crippen LogP contribution < -0.4 is 5.32 Å². The van der Waals surface area contributed by atoms with E-state index in [1.165, 1.54) is 4.31 Å². The van der Waals surface area contributed by atoms with E-state index in [-0.39, 0.29) is 11.1 Å². The van der Waals surface area contributed by atoms with Gasteiger partial charge in [-0.05, 0) is 13.8 Å². The second-order valence-electron chi connectivity index (χ2n) is 3.27. The van der Waals surface area contributed by atoms with Gasteiger partial charge >= 0.3 is 6.03 Å². The molecule has 0 atom stereocenters. The topological polar surface area (TPSA) is 49.4 Å². The molecule has 4 nitrogen and oxygen atoms in total. The van der Waals surface area contributed by atoms with E-state index < -0.39 is 0 Å². The van der Waals surface area contributed by atoms with Crippen LogP contribution in [0.25, 0.3) is 0 Å². The van der Waals surface area contributed by atoms with Crippen LogP contribution in [0.3, 0.4) is 0 Å². The van der Waals surface area contributed by atoms with Crippen LogP contribution >= 0.6 is 11.9 Å². The zero-order chi connectivity index (χ0) is 12.7. The average Bonchev–Trinajstić information content (AvgIpc) is 2.37. The van der Waals surface area contributed by atoms with Crippen molar-refractivity contribution in [1.29, 1.82) is 0 Å². The predicted octanol–water partition coefficient (Wildman–Crippen LogP) is 2.53. The van der Waals surface area contributed by atoms with Crippen molar-refractivity contribution in [2.24, 2.45) is 0 Å². The van der Waals surface area contributed by atoms with Gasteiger partial charge in [-0.2, -0.15) is 0 Å². The Balaban J connectivity index is 2.63. The summed E-state index contributed by atoms with van der Waals surface area (Å²) in [5, 5.41) is 2.54. The quantitative estimate of drug-likeness (QED) is 0.841. The number of amides is 2. The molecular formula is C12H16N2O2S. The van der Waals surface area contributed by atoms with E-state index in [0.717, 1.165) is 11.9 Å². The number of carbonyl (C=O) groups is 2. The van der Waals surface area contributed by atoms with Crippen LogP contribution in [0.4, 0.5) is 4.79 Å². The van der Waals surface area contributed by atoms with Crippen LogP contribution in [0.1, 0.15) is 24.2 Å². The summed E-state index contributed by atoms with van der Waals surface area (Å²) in [5.41, 5.74) is 0.597. The van der Waals surface area contributed by atoms with Crippen molar-refractivity contribution in [2.75, 3.05) is 13.1 Å². The first-order valence-corrected chi connectivity index (χ1v) is 6.29. The molecule has 2 amide bonds. The lowest BCUT2D eigenvalue weighted by Crippen LogP contribution is -2.36. The minimum Gasteiger partial charge on any atom is -0.338 e. The Morgan fingerprint density at radius 2 is 1.88 bits per heavy atom. The predicted molar refractivity (Wildman–Crippen MR) is 69.8 cm³/mol. The summed E-state index contributed by atoms with van der Waals surface area (Å²) in [6.07, 6.45) is 0. The Bertz CT molecular complexity index is 381. The van der Waals surface area contributed by atoms with Crippen LogP contribution in [0, 0.1) is 0 Å². The van der Waals surface area contributed by atoms with E-state index >= 15 is 0 Å². The maximum Gasteiger partial charge on any atom is 0.327 e. The molecule has 0 heterocycles. The molecule has 1 aromatic rings. The summed E-state index contributed by atoms with van der Waals surface area (Å²) in [7, 11) is 0. The van der Waals surface area contributed by atoms with E-state index in [2.05, 4.69) is 5.32 Å². The third-order valence-electron chi connectivity index (χ3n) is 2.04. The molecule has 0 saturated carbocycles. The maximum atomic E-state index is 11.9. The Morgan fingerprint density at radius 1 is 1.24 bits per heavy atom. The number of benzene rings is 1. The van der Waals surface area contributed by atoms with Crippen LogP contribution in [0.2, 0.25) is 0 Å². The van der Waals surface area contributed by atoms with Crippen LogP contribution in [-0.2, 0) is 0 Å². The molecule has 0 bridgehead atoms. The summed E-state index contributed by atoms with van der Waals surface area (Å²) in [4.78, 5) is 23.4. The van der Waals surface area contributed by atoms with Crippen molar-refractivity contribution in [1.82, 2.24) is 9.62 Å². The molecule has 0 saturated heterocycles. The van der Waals surface area contributed by atoms with Crippen LogP contribution in [-0.4, -0.2) is 28.5 Å². The first kappa shape index (κ1) is 13.6. The normalized spacial score (nSPS) is 9.76. The smallest absolute Gasteiger partial charge is 0.327 e. The zero-order valence-electron chi connectivity index (χ0n) is 9.97. The molecule has 0 aliphatic rings. The highest BCUT2D eigenvalue weighted by molar-refractivity contribution is 8.12. The van der Waals surface area contributed by atoms with Gasteiger partial charge in [0.1, 0.15) is 0 Å². The molecule has 1 rings (SSSR count). The number of nitrogens with zero attached hydrogens (tertiary/aromatic N) is 1. The monoisotopic (exact) mass is 252 g/mol. The van der Waals surface area contributed by atoms with Crippen LogP contribution in [0.5, 0.6) is 0 Å². The second kappa shape index (κ2) is 6.96. The lowest BCUT2D eigenvalue weighted by atomic mass is 10.2. The summed E-state index contributed by atoms with van der Waals surface area (Å²) >= 11 is 0.928. The summed E-state index contributed by atoms with van der Waals surface area (Å²) in [6.45, 7) is 4.71. The lowest BCUT2D eigenvalue weighted by molar-refractivity contribution is 0.108. The first-order chi connectivity index (χ1) is 8.19. The number of carbonyl (C=O) groups excluding carboxylic acids is 2. The van der Waals surface area contributed by atoms with Gasteiger partial charge in [-0.25, -0.2) is 4.79 Å². The van der Waals surface area contributed by atoms with Gasteiger partial charge in [-0.1, -0.05) is 30.3 Å². The lowest BCUT2D eigenvalue weighted by Gasteiger charge is -2.18. The highest BCUT2D eigenvalue weighted by Crippen LogP contribution is 2.16. The van der Waals surface area contributed by atoms with Gasteiger partial charge in [-0.15, -0.1) is 0 Å². The highest BCUT2D eigenvalue weighted by Gasteiger charge is 2.16. The van der Waals surface area contributed by atoms with E-state index in [9.17, 15) is 9.59 Å². The molecule has 1 N–H and O–H groups in total. The standard InChI is InChI=1S/C12H16N2O2S/c1-3-13-12(16)14(4-2)17-11(15)10-8-6-5-7-9-10/h5-9H,3-4H2,1-2H3,(H,13,16). The van der Waals surface area contributed by atoms with Crippen LogP contribution in [0.15, 0.2) is 30.3 Å². The Labute approximate surface area is 106 Å². The third kappa shape index (κ3) is 4.11. The van der Waals surface area contributed by atoms with Crippen molar-refractivity contribution < 1.29 is 9.59 Å². The number of nitrogens with one attached hydrogen (secondary N) is 1. The molecule has 0 aromatic heterocycles. The highest BCUT2D eigenvalue weighted by atomic mass is 32.2. The number of hydrogen-bond acceptors (Lipinski definition) is 3. The van der Waals surface area contributed by atoms with Gasteiger partial charge in [0.25, 0.3) is 0 Å². The molecular weight excluding hydrogens is 236 g/mol. The fourth-order valence-electron chi connectivity index (χ4n) is 1.22. The summed E-state index contributed by atoms with van der Waals surface area (Å²) in [6, 6.07) is 8.70. The molecule has 17 heavy (non-hydrogen) atoms. The maximum absolute atomic E-state index is 11.9. The third-order valence-corrected chi connectivity index (χ3v) is 3.09. The average molecular weight is 252 g/mol. The fourth-order valence-corrected chi connectivity index (χ4v) is 1.93. The zero-order valence-corrected chi connectivity index (χ0v) is 10.8. The van der Waals surface area contributed by atoms with Gasteiger partial charge in [-0.3, -0.25) is 9.10 Å². The van der Waals surface area contributed by atoms with Gasteiger partial charge in [0.2, 0.25) is 5.12 Å².